The first-order chi connectivity index (χ1) is 15.7. The Labute approximate surface area is 192 Å². The third-order valence-corrected chi connectivity index (χ3v) is 6.61. The summed E-state index contributed by atoms with van der Waals surface area (Å²) in [5.74, 6) is -0.577. The van der Waals surface area contributed by atoms with Crippen LogP contribution in [0.3, 0.4) is 0 Å². The van der Waals surface area contributed by atoms with Crippen LogP contribution in [0.5, 0.6) is 5.75 Å². The smallest absolute Gasteiger partial charge is 0.337 e. The number of carbonyl (C=O) groups is 2. The number of methoxy groups -OCH3 is 2. The van der Waals surface area contributed by atoms with E-state index in [9.17, 15) is 18.0 Å². The van der Waals surface area contributed by atoms with Gasteiger partial charge in [-0.3, -0.25) is 9.10 Å². The molecule has 3 aromatic rings. The standard InChI is InChI=1S/C24H24N2O6S/c1-17-7-13-22(14-8-17)33(29,30)26(20-9-11-21(31-2)12-10-20)16-23(27)25-19-6-4-5-18(15-19)24(28)32-3/h4-15H,16H2,1-3H3,(H,25,27). The molecule has 0 aliphatic heterocycles. The van der Waals surface area contributed by atoms with E-state index in [0.717, 1.165) is 9.87 Å². The van der Waals surface area contributed by atoms with Gasteiger partial charge < -0.3 is 14.8 Å². The summed E-state index contributed by atoms with van der Waals surface area (Å²) in [7, 11) is -1.28. The van der Waals surface area contributed by atoms with Gasteiger partial charge in [-0.05, 0) is 61.5 Å². The maximum atomic E-state index is 13.4. The van der Waals surface area contributed by atoms with E-state index in [-0.39, 0.29) is 10.5 Å². The van der Waals surface area contributed by atoms with Crippen LogP contribution in [0.1, 0.15) is 15.9 Å². The molecule has 0 atom stereocenters. The zero-order valence-electron chi connectivity index (χ0n) is 18.4. The molecular formula is C24H24N2O6S. The molecule has 0 saturated carbocycles. The predicted molar refractivity (Wildman–Crippen MR) is 125 cm³/mol. The van der Waals surface area contributed by atoms with Gasteiger partial charge in [0.15, 0.2) is 0 Å². The second kappa shape index (κ2) is 10.2. The largest absolute Gasteiger partial charge is 0.497 e. The van der Waals surface area contributed by atoms with E-state index >= 15 is 0 Å². The molecule has 3 aromatic carbocycles. The molecule has 0 aliphatic carbocycles. The summed E-state index contributed by atoms with van der Waals surface area (Å²) >= 11 is 0. The zero-order chi connectivity index (χ0) is 24.0. The van der Waals surface area contributed by atoms with Gasteiger partial charge in [0.2, 0.25) is 5.91 Å². The second-order valence-electron chi connectivity index (χ2n) is 7.14. The van der Waals surface area contributed by atoms with Crippen molar-refractivity contribution in [2.24, 2.45) is 0 Å². The highest BCUT2D eigenvalue weighted by atomic mass is 32.2. The van der Waals surface area contributed by atoms with Gasteiger partial charge >= 0.3 is 5.97 Å². The third-order valence-electron chi connectivity index (χ3n) is 4.82. The Balaban J connectivity index is 1.91. The van der Waals surface area contributed by atoms with Crippen LogP contribution in [0.4, 0.5) is 11.4 Å². The van der Waals surface area contributed by atoms with E-state index in [1.165, 1.54) is 32.4 Å². The Kier molecular flexibility index (Phi) is 7.34. The zero-order valence-corrected chi connectivity index (χ0v) is 19.3. The molecule has 8 nitrogen and oxygen atoms in total. The van der Waals surface area contributed by atoms with Crippen LogP contribution in [0.25, 0.3) is 0 Å². The molecule has 172 valence electrons. The fourth-order valence-corrected chi connectivity index (χ4v) is 4.49. The number of rotatable bonds is 8. The Morgan fingerprint density at radius 2 is 1.61 bits per heavy atom. The van der Waals surface area contributed by atoms with E-state index < -0.39 is 28.4 Å². The molecule has 0 saturated heterocycles. The number of hydrogen-bond acceptors (Lipinski definition) is 6. The number of aryl methyl sites for hydroxylation is 1. The summed E-state index contributed by atoms with van der Waals surface area (Å²) in [6, 6.07) is 18.9. The summed E-state index contributed by atoms with van der Waals surface area (Å²) in [5.41, 5.74) is 1.81. The monoisotopic (exact) mass is 468 g/mol. The van der Waals surface area contributed by atoms with Gasteiger partial charge in [-0.1, -0.05) is 23.8 Å². The summed E-state index contributed by atoms with van der Waals surface area (Å²) in [5, 5.41) is 2.64. The molecule has 33 heavy (non-hydrogen) atoms. The van der Waals surface area contributed by atoms with Crippen molar-refractivity contribution < 1.29 is 27.5 Å². The number of sulfonamides is 1. The molecular weight excluding hydrogens is 444 g/mol. The highest BCUT2D eigenvalue weighted by Crippen LogP contribution is 2.26. The third kappa shape index (κ3) is 5.69. The first-order valence-electron chi connectivity index (χ1n) is 9.96. The number of hydrogen-bond donors (Lipinski definition) is 1. The minimum absolute atomic E-state index is 0.0596. The lowest BCUT2D eigenvalue weighted by Crippen LogP contribution is -2.38. The number of benzene rings is 3. The predicted octanol–water partition coefficient (Wildman–Crippen LogP) is 3.62. The maximum Gasteiger partial charge on any atom is 0.337 e. The van der Waals surface area contributed by atoms with E-state index in [0.29, 0.717) is 17.1 Å². The number of nitrogens with zero attached hydrogens (tertiary/aromatic N) is 1. The van der Waals surface area contributed by atoms with Gasteiger partial charge in [-0.2, -0.15) is 0 Å². The Bertz CT molecular complexity index is 1240. The van der Waals surface area contributed by atoms with E-state index in [1.807, 2.05) is 6.92 Å². The molecule has 0 bridgehead atoms. The van der Waals surface area contributed by atoms with E-state index in [2.05, 4.69) is 5.32 Å². The van der Waals surface area contributed by atoms with Gasteiger partial charge in [0.25, 0.3) is 10.0 Å². The molecule has 0 aliphatic rings. The molecule has 0 fully saturated rings. The van der Waals surface area contributed by atoms with Crippen molar-refractivity contribution >= 4 is 33.3 Å². The van der Waals surface area contributed by atoms with Crippen LogP contribution >= 0.6 is 0 Å². The normalized spacial score (nSPS) is 10.9. The molecule has 0 unspecified atom stereocenters. The van der Waals surface area contributed by atoms with E-state index in [4.69, 9.17) is 9.47 Å². The molecule has 9 heteroatoms. The summed E-state index contributed by atoms with van der Waals surface area (Å²) in [6.07, 6.45) is 0. The first kappa shape index (κ1) is 23.8. The van der Waals surface area contributed by atoms with E-state index in [1.54, 1.807) is 54.6 Å². The molecule has 0 aromatic heterocycles. The highest BCUT2D eigenvalue weighted by Gasteiger charge is 2.27. The SMILES string of the molecule is COC(=O)c1cccc(NC(=O)CN(c2ccc(OC)cc2)S(=O)(=O)c2ccc(C)cc2)c1. The minimum atomic E-state index is -4.05. The average molecular weight is 469 g/mol. The Morgan fingerprint density at radius 1 is 0.939 bits per heavy atom. The van der Waals surface area contributed by atoms with Gasteiger partial charge in [0, 0.05) is 5.69 Å². The molecule has 1 N–H and O–H groups in total. The van der Waals surface area contributed by atoms with Crippen molar-refractivity contribution in [1.29, 1.82) is 0 Å². The van der Waals surface area contributed by atoms with Gasteiger partial charge in [-0.25, -0.2) is 13.2 Å². The number of nitrogens with one attached hydrogen (secondary N) is 1. The van der Waals surface area contributed by atoms with Crippen LogP contribution < -0.4 is 14.4 Å². The van der Waals surface area contributed by atoms with Gasteiger partial charge in [0.05, 0.1) is 30.4 Å². The van der Waals surface area contributed by atoms with Gasteiger partial charge in [0.1, 0.15) is 12.3 Å². The number of ether oxygens (including phenoxy) is 2. The van der Waals surface area contributed by atoms with Crippen molar-refractivity contribution in [2.45, 2.75) is 11.8 Å². The second-order valence-corrected chi connectivity index (χ2v) is 9.01. The van der Waals surface area contributed by atoms with Crippen LogP contribution in [-0.2, 0) is 19.6 Å². The minimum Gasteiger partial charge on any atom is -0.497 e. The maximum absolute atomic E-state index is 13.4. The van der Waals surface area contributed by atoms with Crippen LogP contribution in [-0.4, -0.2) is 41.1 Å². The molecule has 3 rings (SSSR count). The van der Waals surface area contributed by atoms with Crippen LogP contribution in [0, 0.1) is 6.92 Å². The van der Waals surface area contributed by atoms with Crippen molar-refractivity contribution in [3.63, 3.8) is 0 Å². The number of anilines is 2. The fraction of sp³-hybridized carbons (Fsp3) is 0.167. The lowest BCUT2D eigenvalue weighted by molar-refractivity contribution is -0.114. The molecule has 0 heterocycles. The average Bonchev–Trinajstić information content (AvgIpc) is 2.82. The molecule has 1 amide bonds. The van der Waals surface area contributed by atoms with Crippen molar-refractivity contribution in [2.75, 3.05) is 30.4 Å². The van der Waals surface area contributed by atoms with Crippen LogP contribution in [0.15, 0.2) is 77.7 Å². The number of amides is 1. The van der Waals surface area contributed by atoms with Gasteiger partial charge in [-0.15, -0.1) is 0 Å². The summed E-state index contributed by atoms with van der Waals surface area (Å²) in [4.78, 5) is 24.6. The van der Waals surface area contributed by atoms with Crippen LogP contribution in [0.2, 0.25) is 0 Å². The Hall–Kier alpha value is -3.85. The quantitative estimate of drug-likeness (QED) is 0.507. The molecule has 0 spiro atoms. The lowest BCUT2D eigenvalue weighted by Gasteiger charge is -2.24. The van der Waals surface area contributed by atoms with Crippen molar-refractivity contribution in [3.05, 3.63) is 83.9 Å². The summed E-state index contributed by atoms with van der Waals surface area (Å²) < 4.78 is 37.7. The van der Waals surface area contributed by atoms with Crippen molar-refractivity contribution in [3.8, 4) is 5.75 Å². The summed E-state index contributed by atoms with van der Waals surface area (Å²) in [6.45, 7) is 1.37. The molecule has 0 radical (unpaired) electrons. The first-order valence-corrected chi connectivity index (χ1v) is 11.4. The highest BCUT2D eigenvalue weighted by molar-refractivity contribution is 7.92. The van der Waals surface area contributed by atoms with Crippen molar-refractivity contribution in [1.82, 2.24) is 0 Å². The Morgan fingerprint density at radius 3 is 2.21 bits per heavy atom. The topological polar surface area (TPSA) is 102 Å². The lowest BCUT2D eigenvalue weighted by atomic mass is 10.2. The fourth-order valence-electron chi connectivity index (χ4n) is 3.07. The number of carbonyl (C=O) groups excluding carboxylic acids is 2. The number of esters is 1.